The highest BCUT2D eigenvalue weighted by atomic mass is 16.4. The highest BCUT2D eigenvalue weighted by Crippen LogP contribution is 2.26. The van der Waals surface area contributed by atoms with Gasteiger partial charge in [0.1, 0.15) is 0 Å². The fourth-order valence-corrected chi connectivity index (χ4v) is 3.45. The number of hydrogen-bond acceptors (Lipinski definition) is 3. The summed E-state index contributed by atoms with van der Waals surface area (Å²) in [5, 5.41) is 15.4. The van der Waals surface area contributed by atoms with E-state index in [1.165, 1.54) is 12.8 Å². The zero-order chi connectivity index (χ0) is 14.5. The monoisotopic (exact) mass is 282 g/mol. The van der Waals surface area contributed by atoms with Gasteiger partial charge in [0.15, 0.2) is 0 Å². The highest BCUT2D eigenvalue weighted by molar-refractivity contribution is 5.77. The molecule has 1 aliphatic carbocycles. The lowest BCUT2D eigenvalue weighted by Gasteiger charge is -2.28. The second-order valence-corrected chi connectivity index (χ2v) is 6.40. The van der Waals surface area contributed by atoms with Crippen LogP contribution in [0.1, 0.15) is 45.4 Å². The summed E-state index contributed by atoms with van der Waals surface area (Å²) in [5.41, 5.74) is 0. The second kappa shape index (κ2) is 7.07. The van der Waals surface area contributed by atoms with Gasteiger partial charge in [-0.05, 0) is 57.0 Å². The predicted molar refractivity (Wildman–Crippen MR) is 76.3 cm³/mol. The molecule has 0 bridgehead atoms. The van der Waals surface area contributed by atoms with Gasteiger partial charge < -0.3 is 15.7 Å². The number of carboxylic acid groups (broad SMARTS) is 1. The minimum atomic E-state index is -0.733. The Morgan fingerprint density at radius 2 is 2.15 bits per heavy atom. The Bertz CT molecular complexity index is 353. The number of hydrogen-bond donors (Lipinski definition) is 3. The number of rotatable bonds is 5. The molecule has 114 valence electrons. The van der Waals surface area contributed by atoms with Crippen LogP contribution in [0.2, 0.25) is 0 Å². The van der Waals surface area contributed by atoms with Gasteiger partial charge in [0, 0.05) is 12.5 Å². The molecule has 0 radical (unpaired) electrons. The third kappa shape index (κ3) is 4.20. The van der Waals surface area contributed by atoms with Crippen molar-refractivity contribution in [3.63, 3.8) is 0 Å². The van der Waals surface area contributed by atoms with E-state index in [0.717, 1.165) is 19.5 Å². The summed E-state index contributed by atoms with van der Waals surface area (Å²) < 4.78 is 0. The van der Waals surface area contributed by atoms with Gasteiger partial charge in [-0.3, -0.25) is 9.59 Å². The van der Waals surface area contributed by atoms with Crippen molar-refractivity contribution in [2.75, 3.05) is 13.1 Å². The first-order chi connectivity index (χ1) is 9.56. The molecule has 1 aliphatic heterocycles. The first-order valence-electron chi connectivity index (χ1n) is 7.79. The van der Waals surface area contributed by atoms with E-state index in [-0.39, 0.29) is 17.9 Å². The van der Waals surface area contributed by atoms with Gasteiger partial charge in [0.25, 0.3) is 0 Å². The van der Waals surface area contributed by atoms with Gasteiger partial charge in [-0.25, -0.2) is 0 Å². The Balaban J connectivity index is 1.71. The highest BCUT2D eigenvalue weighted by Gasteiger charge is 2.31. The number of carboxylic acids is 1. The molecule has 2 aliphatic rings. The molecule has 0 aromatic heterocycles. The van der Waals surface area contributed by atoms with Crippen molar-refractivity contribution in [2.24, 2.45) is 17.8 Å². The summed E-state index contributed by atoms with van der Waals surface area (Å²) in [4.78, 5) is 22.9. The molecule has 2 rings (SSSR count). The van der Waals surface area contributed by atoms with E-state index in [1.807, 2.05) is 0 Å². The first kappa shape index (κ1) is 15.3. The Kier molecular flexibility index (Phi) is 5.40. The molecule has 5 heteroatoms. The number of piperidine rings is 1. The van der Waals surface area contributed by atoms with Crippen LogP contribution in [-0.4, -0.2) is 36.1 Å². The van der Waals surface area contributed by atoms with Crippen molar-refractivity contribution < 1.29 is 14.7 Å². The van der Waals surface area contributed by atoms with Crippen LogP contribution in [0, 0.1) is 17.8 Å². The molecule has 0 aromatic rings. The fourth-order valence-electron chi connectivity index (χ4n) is 3.45. The molecule has 0 spiro atoms. The Morgan fingerprint density at radius 1 is 1.35 bits per heavy atom. The van der Waals surface area contributed by atoms with E-state index < -0.39 is 5.97 Å². The quantitative estimate of drug-likeness (QED) is 0.712. The Hall–Kier alpha value is -1.10. The van der Waals surface area contributed by atoms with Gasteiger partial charge in [0.2, 0.25) is 5.91 Å². The van der Waals surface area contributed by atoms with E-state index in [2.05, 4.69) is 17.6 Å². The number of nitrogens with one attached hydrogen (secondary N) is 2. The molecule has 0 aromatic carbocycles. The molecular formula is C15H26N2O3. The minimum absolute atomic E-state index is 0.0558. The summed E-state index contributed by atoms with van der Waals surface area (Å²) >= 11 is 0. The van der Waals surface area contributed by atoms with Crippen LogP contribution >= 0.6 is 0 Å². The molecule has 1 saturated carbocycles. The van der Waals surface area contributed by atoms with Crippen molar-refractivity contribution >= 4 is 11.9 Å². The van der Waals surface area contributed by atoms with Crippen molar-refractivity contribution in [1.82, 2.24) is 10.6 Å². The fraction of sp³-hybridized carbons (Fsp3) is 0.867. The molecule has 1 amide bonds. The molecular weight excluding hydrogens is 256 g/mol. The molecule has 1 saturated heterocycles. The lowest BCUT2D eigenvalue weighted by atomic mass is 9.85. The zero-order valence-electron chi connectivity index (χ0n) is 12.2. The average molecular weight is 282 g/mol. The maximum Gasteiger partial charge on any atom is 0.306 e. The van der Waals surface area contributed by atoms with Crippen molar-refractivity contribution in [1.29, 1.82) is 0 Å². The smallest absolute Gasteiger partial charge is 0.306 e. The lowest BCUT2D eigenvalue weighted by molar-refractivity contribution is -0.141. The van der Waals surface area contributed by atoms with Crippen LogP contribution in [0.5, 0.6) is 0 Å². The molecule has 20 heavy (non-hydrogen) atoms. The molecule has 1 heterocycles. The molecule has 4 atom stereocenters. The normalized spacial score (nSPS) is 31.8. The molecule has 2 fully saturated rings. The topological polar surface area (TPSA) is 78.4 Å². The van der Waals surface area contributed by atoms with Crippen LogP contribution in [0.25, 0.3) is 0 Å². The van der Waals surface area contributed by atoms with Crippen LogP contribution in [-0.2, 0) is 9.59 Å². The van der Waals surface area contributed by atoms with Crippen LogP contribution < -0.4 is 10.6 Å². The van der Waals surface area contributed by atoms with Crippen molar-refractivity contribution in [2.45, 2.75) is 51.5 Å². The van der Waals surface area contributed by atoms with Gasteiger partial charge in [-0.15, -0.1) is 0 Å². The zero-order valence-corrected chi connectivity index (χ0v) is 12.2. The average Bonchev–Trinajstić information content (AvgIpc) is 2.88. The Morgan fingerprint density at radius 3 is 2.75 bits per heavy atom. The van der Waals surface area contributed by atoms with Gasteiger partial charge >= 0.3 is 5.97 Å². The minimum Gasteiger partial charge on any atom is -0.481 e. The predicted octanol–water partition coefficient (Wildman–Crippen LogP) is 1.38. The van der Waals surface area contributed by atoms with Gasteiger partial charge in [-0.1, -0.05) is 6.92 Å². The van der Waals surface area contributed by atoms with Gasteiger partial charge in [-0.2, -0.15) is 0 Å². The molecule has 2 unspecified atom stereocenters. The van der Waals surface area contributed by atoms with E-state index in [4.69, 9.17) is 5.11 Å². The largest absolute Gasteiger partial charge is 0.481 e. The number of amides is 1. The first-order valence-corrected chi connectivity index (χ1v) is 7.79. The maximum atomic E-state index is 12.0. The summed E-state index contributed by atoms with van der Waals surface area (Å²) in [5.74, 6) is 0.0482. The Labute approximate surface area is 120 Å². The van der Waals surface area contributed by atoms with E-state index in [1.54, 1.807) is 0 Å². The second-order valence-electron chi connectivity index (χ2n) is 6.40. The standard InChI is InChI=1S/C15H26N2O3/c1-10(12-3-2-6-16-9-12)7-14(18)17-13-5-4-11(8-13)15(19)20/h10-13,16H,2-9H2,1H3,(H,17,18)(H,19,20)/t10?,11-,12?,13+/m1/s1. The number of aliphatic carboxylic acids is 1. The van der Waals surface area contributed by atoms with Gasteiger partial charge in [0.05, 0.1) is 5.92 Å². The van der Waals surface area contributed by atoms with E-state index >= 15 is 0 Å². The summed E-state index contributed by atoms with van der Waals surface area (Å²) in [6.45, 7) is 4.25. The van der Waals surface area contributed by atoms with Crippen LogP contribution in [0.4, 0.5) is 0 Å². The maximum absolute atomic E-state index is 12.0. The van der Waals surface area contributed by atoms with E-state index in [9.17, 15) is 9.59 Å². The lowest BCUT2D eigenvalue weighted by Crippen LogP contribution is -2.38. The van der Waals surface area contributed by atoms with Crippen LogP contribution in [0.15, 0.2) is 0 Å². The van der Waals surface area contributed by atoms with Crippen molar-refractivity contribution in [3.05, 3.63) is 0 Å². The molecule has 3 N–H and O–H groups in total. The van der Waals surface area contributed by atoms with Crippen LogP contribution in [0.3, 0.4) is 0 Å². The number of carbonyl (C=O) groups is 2. The number of carbonyl (C=O) groups excluding carboxylic acids is 1. The molecule has 5 nitrogen and oxygen atoms in total. The summed E-state index contributed by atoms with van der Waals surface area (Å²) in [6, 6.07) is 0.0558. The van der Waals surface area contributed by atoms with E-state index in [0.29, 0.717) is 31.1 Å². The third-order valence-electron chi connectivity index (χ3n) is 4.79. The summed E-state index contributed by atoms with van der Waals surface area (Å²) in [7, 11) is 0. The van der Waals surface area contributed by atoms with Crippen molar-refractivity contribution in [3.8, 4) is 0 Å². The summed E-state index contributed by atoms with van der Waals surface area (Å²) in [6.07, 6.45) is 5.01. The SMILES string of the molecule is CC(CC(=O)N[C@H]1CC[C@@H](C(=O)O)C1)C1CCCNC1. The third-order valence-corrected chi connectivity index (χ3v) is 4.79.